The smallest absolute Gasteiger partial charge is 0.326 e. The summed E-state index contributed by atoms with van der Waals surface area (Å²) in [4.78, 5) is 35.7. The van der Waals surface area contributed by atoms with Crippen molar-refractivity contribution in [3.05, 3.63) is 0 Å². The molecule has 0 spiro atoms. The second kappa shape index (κ2) is 8.12. The first-order chi connectivity index (χ1) is 10.2. The molecule has 22 heavy (non-hydrogen) atoms. The van der Waals surface area contributed by atoms with Crippen LogP contribution in [0.1, 0.15) is 40.5 Å². The van der Waals surface area contributed by atoms with Crippen LogP contribution in [0.3, 0.4) is 0 Å². The molecular weight excluding hydrogens is 286 g/mol. The number of nitrogens with one attached hydrogen (secondary N) is 3. The minimum Gasteiger partial charge on any atom is -0.480 e. The molecule has 0 aromatic carbocycles. The number of carboxylic acids is 1. The Hall–Kier alpha value is -1.63. The zero-order valence-electron chi connectivity index (χ0n) is 13.7. The molecule has 4 N–H and O–H groups in total. The molecule has 1 saturated heterocycles. The van der Waals surface area contributed by atoms with E-state index in [1.807, 2.05) is 13.8 Å². The summed E-state index contributed by atoms with van der Waals surface area (Å²) in [5.74, 6) is -2.10. The maximum Gasteiger partial charge on any atom is 0.326 e. The van der Waals surface area contributed by atoms with Crippen molar-refractivity contribution in [3.8, 4) is 0 Å². The van der Waals surface area contributed by atoms with Crippen molar-refractivity contribution in [2.75, 3.05) is 6.54 Å². The van der Waals surface area contributed by atoms with Crippen molar-refractivity contribution in [3.63, 3.8) is 0 Å². The summed E-state index contributed by atoms with van der Waals surface area (Å²) in [6, 6.07) is -1.97. The zero-order valence-corrected chi connectivity index (χ0v) is 13.7. The van der Waals surface area contributed by atoms with E-state index in [0.29, 0.717) is 0 Å². The van der Waals surface area contributed by atoms with E-state index in [4.69, 9.17) is 5.11 Å². The molecule has 1 fully saturated rings. The van der Waals surface area contributed by atoms with E-state index in [9.17, 15) is 14.4 Å². The molecule has 7 heteroatoms. The van der Waals surface area contributed by atoms with Gasteiger partial charge in [-0.3, -0.25) is 9.59 Å². The molecule has 7 nitrogen and oxygen atoms in total. The fraction of sp³-hybridized carbons (Fsp3) is 0.800. The fourth-order valence-electron chi connectivity index (χ4n) is 2.45. The van der Waals surface area contributed by atoms with E-state index in [2.05, 4.69) is 16.0 Å². The lowest BCUT2D eigenvalue weighted by Gasteiger charge is -2.26. The Bertz CT molecular complexity index is 417. The maximum absolute atomic E-state index is 12.3. The van der Waals surface area contributed by atoms with Crippen LogP contribution in [-0.4, -0.2) is 47.6 Å². The molecule has 0 aliphatic carbocycles. The van der Waals surface area contributed by atoms with Gasteiger partial charge in [0, 0.05) is 0 Å². The van der Waals surface area contributed by atoms with Gasteiger partial charge >= 0.3 is 5.97 Å². The van der Waals surface area contributed by atoms with Crippen LogP contribution in [0.15, 0.2) is 0 Å². The highest BCUT2D eigenvalue weighted by Crippen LogP contribution is 2.09. The molecule has 3 atom stereocenters. The normalized spacial score (nSPS) is 20.7. The number of hydrogen-bond acceptors (Lipinski definition) is 4. The Morgan fingerprint density at radius 2 is 1.64 bits per heavy atom. The molecule has 1 aliphatic heterocycles. The first-order valence-corrected chi connectivity index (χ1v) is 7.81. The van der Waals surface area contributed by atoms with E-state index in [0.717, 1.165) is 19.4 Å². The number of amides is 2. The Kier molecular flexibility index (Phi) is 6.80. The van der Waals surface area contributed by atoms with Gasteiger partial charge in [-0.1, -0.05) is 27.7 Å². The first-order valence-electron chi connectivity index (χ1n) is 7.81. The first kappa shape index (κ1) is 18.4. The lowest BCUT2D eigenvalue weighted by atomic mass is 10.00. The van der Waals surface area contributed by atoms with Crippen LogP contribution in [-0.2, 0) is 14.4 Å². The van der Waals surface area contributed by atoms with Crippen LogP contribution in [0, 0.1) is 11.8 Å². The lowest BCUT2D eigenvalue weighted by Crippen LogP contribution is -2.57. The van der Waals surface area contributed by atoms with Crippen molar-refractivity contribution in [2.45, 2.75) is 58.7 Å². The Morgan fingerprint density at radius 3 is 2.05 bits per heavy atom. The molecule has 1 aliphatic rings. The number of carboxylic acid groups (broad SMARTS) is 1. The van der Waals surface area contributed by atoms with Crippen molar-refractivity contribution < 1.29 is 19.5 Å². The second-order valence-corrected chi connectivity index (χ2v) is 6.45. The highest BCUT2D eigenvalue weighted by Gasteiger charge is 2.32. The highest BCUT2D eigenvalue weighted by molar-refractivity contribution is 5.92. The molecule has 2 amide bonds. The topological polar surface area (TPSA) is 108 Å². The van der Waals surface area contributed by atoms with Crippen LogP contribution < -0.4 is 16.0 Å². The van der Waals surface area contributed by atoms with Crippen molar-refractivity contribution >= 4 is 17.8 Å². The summed E-state index contributed by atoms with van der Waals surface area (Å²) >= 11 is 0. The van der Waals surface area contributed by atoms with Crippen molar-refractivity contribution in [2.24, 2.45) is 11.8 Å². The number of aliphatic carboxylic acids is 1. The van der Waals surface area contributed by atoms with Gasteiger partial charge in [0.05, 0.1) is 6.04 Å². The largest absolute Gasteiger partial charge is 0.480 e. The molecule has 0 saturated carbocycles. The van der Waals surface area contributed by atoms with E-state index in [-0.39, 0.29) is 23.8 Å². The molecular formula is C15H27N3O4. The number of rotatable bonds is 7. The Morgan fingerprint density at radius 1 is 1.05 bits per heavy atom. The summed E-state index contributed by atoms with van der Waals surface area (Å²) in [7, 11) is 0. The third-order valence-electron chi connectivity index (χ3n) is 3.85. The number of carbonyl (C=O) groups is 3. The monoisotopic (exact) mass is 313 g/mol. The Balaban J connectivity index is 2.70. The quantitative estimate of drug-likeness (QED) is 0.533. The lowest BCUT2D eigenvalue weighted by molar-refractivity contribution is -0.143. The van der Waals surface area contributed by atoms with Crippen molar-refractivity contribution in [1.29, 1.82) is 0 Å². The minimum atomic E-state index is -1.07. The number of carbonyl (C=O) groups excluding carboxylic acids is 2. The molecule has 1 heterocycles. The van der Waals surface area contributed by atoms with E-state index in [1.54, 1.807) is 13.8 Å². The summed E-state index contributed by atoms with van der Waals surface area (Å²) in [6.07, 6.45) is 1.69. The van der Waals surface area contributed by atoms with Gasteiger partial charge < -0.3 is 21.1 Å². The van der Waals surface area contributed by atoms with Crippen LogP contribution >= 0.6 is 0 Å². The average molecular weight is 313 g/mol. The SMILES string of the molecule is CC(C)[C@H](NC(=O)[C@@H](NC(=O)[C@@H]1CCCN1)C(C)C)C(=O)O. The van der Waals surface area contributed by atoms with E-state index >= 15 is 0 Å². The zero-order chi connectivity index (χ0) is 16.9. The van der Waals surface area contributed by atoms with Gasteiger partial charge in [-0.15, -0.1) is 0 Å². The third-order valence-corrected chi connectivity index (χ3v) is 3.85. The molecule has 0 unspecified atom stereocenters. The predicted molar refractivity (Wildman–Crippen MR) is 82.2 cm³/mol. The van der Waals surface area contributed by atoms with Crippen molar-refractivity contribution in [1.82, 2.24) is 16.0 Å². The van der Waals surface area contributed by atoms with E-state index in [1.165, 1.54) is 0 Å². The summed E-state index contributed by atoms with van der Waals surface area (Å²) in [5, 5.41) is 17.5. The summed E-state index contributed by atoms with van der Waals surface area (Å²) in [5.41, 5.74) is 0. The van der Waals surface area contributed by atoms with Gasteiger partial charge in [-0.25, -0.2) is 4.79 Å². The second-order valence-electron chi connectivity index (χ2n) is 6.45. The van der Waals surface area contributed by atoms with Gasteiger partial charge in [0.2, 0.25) is 11.8 Å². The predicted octanol–water partition coefficient (Wildman–Crippen LogP) is 0.105. The van der Waals surface area contributed by atoms with Gasteiger partial charge in [-0.05, 0) is 31.2 Å². The summed E-state index contributed by atoms with van der Waals surface area (Å²) in [6.45, 7) is 7.88. The molecule has 0 bridgehead atoms. The van der Waals surface area contributed by atoms with Crippen LogP contribution in [0.2, 0.25) is 0 Å². The standard InChI is InChI=1S/C15H27N3O4/c1-8(2)11(17-13(19)10-6-5-7-16-10)14(20)18-12(9(3)4)15(21)22/h8-12,16H,5-7H2,1-4H3,(H,17,19)(H,18,20)(H,21,22)/t10-,11-,12-/m0/s1. The number of hydrogen-bond donors (Lipinski definition) is 4. The molecule has 126 valence electrons. The molecule has 0 radical (unpaired) electrons. The van der Waals surface area contributed by atoms with Gasteiger partial charge in [0.15, 0.2) is 0 Å². The van der Waals surface area contributed by atoms with Gasteiger partial charge in [0.1, 0.15) is 12.1 Å². The molecule has 1 rings (SSSR count). The van der Waals surface area contributed by atoms with Crippen LogP contribution in [0.25, 0.3) is 0 Å². The van der Waals surface area contributed by atoms with Crippen LogP contribution in [0.5, 0.6) is 0 Å². The highest BCUT2D eigenvalue weighted by atomic mass is 16.4. The van der Waals surface area contributed by atoms with Gasteiger partial charge in [0.25, 0.3) is 0 Å². The minimum absolute atomic E-state index is 0.132. The fourth-order valence-corrected chi connectivity index (χ4v) is 2.45. The third kappa shape index (κ3) is 4.98. The van der Waals surface area contributed by atoms with Gasteiger partial charge in [-0.2, -0.15) is 0 Å². The summed E-state index contributed by atoms with van der Waals surface area (Å²) < 4.78 is 0. The van der Waals surface area contributed by atoms with E-state index < -0.39 is 24.0 Å². The molecule has 0 aromatic rings. The Labute approximate surface area is 131 Å². The maximum atomic E-state index is 12.3. The molecule has 0 aromatic heterocycles. The average Bonchev–Trinajstić information content (AvgIpc) is 2.94. The van der Waals surface area contributed by atoms with Crippen LogP contribution in [0.4, 0.5) is 0 Å².